The fourth-order valence-electron chi connectivity index (χ4n) is 1.65. The quantitative estimate of drug-likeness (QED) is 0.799. The molecular weight excluding hydrogens is 218 g/mol. The lowest BCUT2D eigenvalue weighted by Gasteiger charge is -2.03. The number of pyridine rings is 1. The molecule has 2 heterocycles. The number of rotatable bonds is 3. The first-order valence-electron chi connectivity index (χ1n) is 5.44. The molecule has 2 rings (SSSR count). The molecule has 0 radical (unpaired) electrons. The minimum Gasteiger partial charge on any atom is -0.310 e. The van der Waals surface area contributed by atoms with Crippen LogP contribution in [0.3, 0.4) is 0 Å². The largest absolute Gasteiger partial charge is 0.310 e. The van der Waals surface area contributed by atoms with E-state index >= 15 is 0 Å². The summed E-state index contributed by atoms with van der Waals surface area (Å²) >= 11 is 1.78. The first kappa shape index (κ1) is 11.1. The van der Waals surface area contributed by atoms with E-state index in [2.05, 4.69) is 19.1 Å². The van der Waals surface area contributed by atoms with Crippen molar-refractivity contribution < 1.29 is 0 Å². The van der Waals surface area contributed by atoms with E-state index in [1.54, 1.807) is 15.9 Å². The first-order chi connectivity index (χ1) is 7.70. The van der Waals surface area contributed by atoms with Gasteiger partial charge in [0.25, 0.3) is 5.56 Å². The Morgan fingerprint density at radius 1 is 1.25 bits per heavy atom. The number of thiophene rings is 1. The van der Waals surface area contributed by atoms with Crippen LogP contribution in [0.25, 0.3) is 0 Å². The number of aromatic nitrogens is 1. The van der Waals surface area contributed by atoms with Crippen LogP contribution in [0.4, 0.5) is 0 Å². The summed E-state index contributed by atoms with van der Waals surface area (Å²) < 4.78 is 1.76. The van der Waals surface area contributed by atoms with E-state index in [4.69, 9.17) is 0 Å². The van der Waals surface area contributed by atoms with Crippen molar-refractivity contribution in [1.29, 1.82) is 0 Å². The van der Waals surface area contributed by atoms with E-state index in [1.807, 2.05) is 25.3 Å². The zero-order valence-corrected chi connectivity index (χ0v) is 10.4. The summed E-state index contributed by atoms with van der Waals surface area (Å²) in [6, 6.07) is 8.02. The molecule has 0 unspecified atom stereocenters. The van der Waals surface area contributed by atoms with Crippen LogP contribution in [0.5, 0.6) is 0 Å². The molecule has 84 valence electrons. The predicted octanol–water partition coefficient (Wildman–Crippen LogP) is 2.83. The van der Waals surface area contributed by atoms with Gasteiger partial charge in [0.15, 0.2) is 0 Å². The van der Waals surface area contributed by atoms with Crippen LogP contribution >= 0.6 is 11.3 Å². The van der Waals surface area contributed by atoms with Gasteiger partial charge in [-0.3, -0.25) is 4.79 Å². The molecular formula is C13H15NOS. The second kappa shape index (κ2) is 4.66. The van der Waals surface area contributed by atoms with Gasteiger partial charge in [-0.2, -0.15) is 0 Å². The fraction of sp³-hybridized carbons (Fsp3) is 0.308. The summed E-state index contributed by atoms with van der Waals surface area (Å²) in [6.07, 6.45) is 2.91. The molecule has 2 aromatic heterocycles. The molecule has 16 heavy (non-hydrogen) atoms. The van der Waals surface area contributed by atoms with Gasteiger partial charge in [0, 0.05) is 21.5 Å². The maximum Gasteiger partial charge on any atom is 0.253 e. The molecule has 0 atom stereocenters. The van der Waals surface area contributed by atoms with Crippen molar-refractivity contribution in [3.8, 4) is 0 Å². The highest BCUT2D eigenvalue weighted by molar-refractivity contribution is 7.11. The Morgan fingerprint density at radius 2 is 2.00 bits per heavy atom. The van der Waals surface area contributed by atoms with Crippen LogP contribution < -0.4 is 5.56 Å². The highest BCUT2D eigenvalue weighted by Gasteiger charge is 2.02. The normalized spacial score (nSPS) is 10.6. The van der Waals surface area contributed by atoms with Gasteiger partial charge in [0.05, 0.1) is 6.54 Å². The lowest BCUT2D eigenvalue weighted by Crippen LogP contribution is -2.21. The third-order valence-electron chi connectivity index (χ3n) is 2.60. The smallest absolute Gasteiger partial charge is 0.253 e. The summed E-state index contributed by atoms with van der Waals surface area (Å²) in [4.78, 5) is 14.4. The third-order valence-corrected chi connectivity index (χ3v) is 3.82. The average molecular weight is 233 g/mol. The molecule has 0 aromatic carbocycles. The van der Waals surface area contributed by atoms with Gasteiger partial charge in [0.1, 0.15) is 0 Å². The SMILES string of the molecule is CCc1ccc(Cn2cccc(C)c2=O)s1. The third kappa shape index (κ3) is 2.25. The highest BCUT2D eigenvalue weighted by Crippen LogP contribution is 2.17. The Morgan fingerprint density at radius 3 is 2.69 bits per heavy atom. The Balaban J connectivity index is 2.27. The molecule has 0 aliphatic rings. The lowest BCUT2D eigenvalue weighted by atomic mass is 10.3. The van der Waals surface area contributed by atoms with Crippen molar-refractivity contribution in [3.63, 3.8) is 0 Å². The summed E-state index contributed by atoms with van der Waals surface area (Å²) in [5.74, 6) is 0. The summed E-state index contributed by atoms with van der Waals surface area (Å²) in [5.41, 5.74) is 0.906. The molecule has 0 aliphatic heterocycles. The van der Waals surface area contributed by atoms with Gasteiger partial charge < -0.3 is 4.57 Å². The number of hydrogen-bond donors (Lipinski definition) is 0. The second-order valence-electron chi connectivity index (χ2n) is 3.85. The minimum atomic E-state index is 0.106. The molecule has 2 nitrogen and oxygen atoms in total. The highest BCUT2D eigenvalue weighted by atomic mass is 32.1. The number of nitrogens with zero attached hydrogens (tertiary/aromatic N) is 1. The Labute approximate surface area is 99.2 Å². The minimum absolute atomic E-state index is 0.106. The van der Waals surface area contributed by atoms with Crippen LogP contribution in [0, 0.1) is 6.92 Å². The van der Waals surface area contributed by atoms with Crippen LogP contribution in [0.1, 0.15) is 22.2 Å². The van der Waals surface area contributed by atoms with E-state index in [1.165, 1.54) is 9.75 Å². The molecule has 0 spiro atoms. The number of hydrogen-bond acceptors (Lipinski definition) is 2. The van der Waals surface area contributed by atoms with Gasteiger partial charge in [-0.1, -0.05) is 13.0 Å². The molecule has 0 bridgehead atoms. The molecule has 0 amide bonds. The maximum absolute atomic E-state index is 11.8. The standard InChI is InChI=1S/C13H15NOS/c1-3-11-6-7-12(16-11)9-14-8-4-5-10(2)13(14)15/h4-8H,3,9H2,1-2H3. The maximum atomic E-state index is 11.8. The molecule has 0 saturated heterocycles. The Kier molecular flexibility index (Phi) is 3.25. The van der Waals surface area contributed by atoms with E-state index < -0.39 is 0 Å². The van der Waals surface area contributed by atoms with Crippen molar-refractivity contribution >= 4 is 11.3 Å². The van der Waals surface area contributed by atoms with Gasteiger partial charge >= 0.3 is 0 Å². The van der Waals surface area contributed by atoms with Crippen LogP contribution in [0.2, 0.25) is 0 Å². The molecule has 0 fully saturated rings. The molecule has 3 heteroatoms. The number of aryl methyl sites for hydroxylation is 2. The molecule has 0 saturated carbocycles. The Bertz CT molecular complexity index is 539. The molecule has 0 N–H and O–H groups in total. The molecule has 2 aromatic rings. The van der Waals surface area contributed by atoms with Crippen molar-refractivity contribution in [3.05, 3.63) is 56.1 Å². The van der Waals surface area contributed by atoms with Gasteiger partial charge in [-0.15, -0.1) is 11.3 Å². The lowest BCUT2D eigenvalue weighted by molar-refractivity contribution is 0.762. The monoisotopic (exact) mass is 233 g/mol. The van der Waals surface area contributed by atoms with Crippen molar-refractivity contribution in [2.75, 3.05) is 0 Å². The van der Waals surface area contributed by atoms with E-state index in [0.29, 0.717) is 6.54 Å². The second-order valence-corrected chi connectivity index (χ2v) is 5.10. The first-order valence-corrected chi connectivity index (χ1v) is 6.26. The van der Waals surface area contributed by atoms with E-state index in [9.17, 15) is 4.79 Å². The van der Waals surface area contributed by atoms with Crippen molar-refractivity contribution in [1.82, 2.24) is 4.57 Å². The predicted molar refractivity (Wildman–Crippen MR) is 68.2 cm³/mol. The van der Waals surface area contributed by atoms with Crippen LogP contribution in [-0.4, -0.2) is 4.57 Å². The summed E-state index contributed by atoms with van der Waals surface area (Å²) in [6.45, 7) is 4.68. The average Bonchev–Trinajstić information content (AvgIpc) is 2.73. The summed E-state index contributed by atoms with van der Waals surface area (Å²) in [5, 5.41) is 0. The van der Waals surface area contributed by atoms with Gasteiger partial charge in [-0.25, -0.2) is 0 Å². The van der Waals surface area contributed by atoms with Gasteiger partial charge in [-0.05, 0) is 31.5 Å². The topological polar surface area (TPSA) is 22.0 Å². The molecule has 0 aliphatic carbocycles. The zero-order valence-electron chi connectivity index (χ0n) is 9.56. The van der Waals surface area contributed by atoms with Crippen molar-refractivity contribution in [2.45, 2.75) is 26.8 Å². The van der Waals surface area contributed by atoms with E-state index in [0.717, 1.165) is 12.0 Å². The van der Waals surface area contributed by atoms with Crippen LogP contribution in [-0.2, 0) is 13.0 Å². The summed E-state index contributed by atoms with van der Waals surface area (Å²) in [7, 11) is 0. The van der Waals surface area contributed by atoms with Gasteiger partial charge in [0.2, 0.25) is 0 Å². The van der Waals surface area contributed by atoms with Crippen LogP contribution in [0.15, 0.2) is 35.3 Å². The van der Waals surface area contributed by atoms with E-state index in [-0.39, 0.29) is 5.56 Å². The Hall–Kier alpha value is -1.35. The zero-order chi connectivity index (χ0) is 11.5. The fourth-order valence-corrected chi connectivity index (χ4v) is 2.60. The van der Waals surface area contributed by atoms with Crippen molar-refractivity contribution in [2.24, 2.45) is 0 Å².